The van der Waals surface area contributed by atoms with Crippen LogP contribution < -0.4 is 10.6 Å². The molecule has 4 nitrogen and oxygen atoms in total. The number of amides is 1. The number of hydrogen-bond acceptors (Lipinski definition) is 3. The summed E-state index contributed by atoms with van der Waals surface area (Å²) in [5.74, 6) is 0.835. The third-order valence-electron chi connectivity index (χ3n) is 4.14. The van der Waals surface area contributed by atoms with E-state index in [1.165, 1.54) is 25.7 Å². The molecule has 2 saturated heterocycles. The van der Waals surface area contributed by atoms with Gasteiger partial charge in [0.25, 0.3) is 0 Å². The smallest absolute Gasteiger partial charge is 0.220 e. The van der Waals surface area contributed by atoms with Crippen LogP contribution in [0, 0.1) is 5.92 Å². The number of rotatable bonds is 7. The molecule has 0 aromatic carbocycles. The van der Waals surface area contributed by atoms with Crippen LogP contribution in [-0.4, -0.2) is 38.3 Å². The second-order valence-corrected chi connectivity index (χ2v) is 5.73. The van der Waals surface area contributed by atoms with Gasteiger partial charge >= 0.3 is 0 Å². The number of unbranched alkanes of at least 4 members (excludes halogenated alkanes) is 1. The van der Waals surface area contributed by atoms with E-state index in [1.54, 1.807) is 7.11 Å². The van der Waals surface area contributed by atoms with E-state index >= 15 is 0 Å². The lowest BCUT2D eigenvalue weighted by atomic mass is 9.89. The SMILES string of the molecule is COCCCCNC(=O)CC1CC2CCC(C1)N2. The molecule has 0 saturated carbocycles. The summed E-state index contributed by atoms with van der Waals surface area (Å²) in [4.78, 5) is 11.8. The maximum absolute atomic E-state index is 11.8. The fourth-order valence-corrected chi connectivity index (χ4v) is 3.28. The van der Waals surface area contributed by atoms with Gasteiger partial charge in [-0.3, -0.25) is 4.79 Å². The summed E-state index contributed by atoms with van der Waals surface area (Å²) < 4.78 is 4.98. The van der Waals surface area contributed by atoms with Gasteiger partial charge < -0.3 is 15.4 Å². The van der Waals surface area contributed by atoms with Crippen molar-refractivity contribution >= 4 is 5.91 Å². The molecule has 2 fully saturated rings. The highest BCUT2D eigenvalue weighted by atomic mass is 16.5. The fraction of sp³-hybridized carbons (Fsp3) is 0.929. The van der Waals surface area contributed by atoms with Gasteiger partial charge in [-0.2, -0.15) is 0 Å². The highest BCUT2D eigenvalue weighted by Gasteiger charge is 2.33. The quantitative estimate of drug-likeness (QED) is 0.676. The zero-order valence-electron chi connectivity index (χ0n) is 11.4. The Hall–Kier alpha value is -0.610. The second-order valence-electron chi connectivity index (χ2n) is 5.73. The van der Waals surface area contributed by atoms with E-state index < -0.39 is 0 Å². The topological polar surface area (TPSA) is 50.4 Å². The number of nitrogens with one attached hydrogen (secondary N) is 2. The van der Waals surface area contributed by atoms with E-state index in [0.717, 1.165) is 32.4 Å². The lowest BCUT2D eigenvalue weighted by Crippen LogP contribution is -2.39. The molecular weight excluding hydrogens is 228 g/mol. The molecule has 0 aromatic rings. The minimum atomic E-state index is 0.235. The van der Waals surface area contributed by atoms with Crippen LogP contribution in [0.2, 0.25) is 0 Å². The molecule has 0 radical (unpaired) electrons. The van der Waals surface area contributed by atoms with E-state index in [9.17, 15) is 4.79 Å². The van der Waals surface area contributed by atoms with Crippen molar-refractivity contribution in [3.63, 3.8) is 0 Å². The Kier molecular flexibility index (Phi) is 5.45. The van der Waals surface area contributed by atoms with E-state index in [-0.39, 0.29) is 5.91 Å². The monoisotopic (exact) mass is 254 g/mol. The van der Waals surface area contributed by atoms with Gasteiger partial charge in [0.2, 0.25) is 5.91 Å². The van der Waals surface area contributed by atoms with Crippen molar-refractivity contribution in [3.8, 4) is 0 Å². The molecule has 0 aromatic heterocycles. The molecule has 1 amide bonds. The normalized spacial score (nSPS) is 30.4. The van der Waals surface area contributed by atoms with Gasteiger partial charge in [-0.05, 0) is 44.4 Å². The first-order valence-corrected chi connectivity index (χ1v) is 7.29. The molecule has 2 atom stereocenters. The molecular formula is C14H26N2O2. The number of carbonyl (C=O) groups excluding carboxylic acids is 1. The van der Waals surface area contributed by atoms with Gasteiger partial charge in [0, 0.05) is 38.8 Å². The number of ether oxygens (including phenoxy) is 1. The number of fused-ring (bicyclic) bond motifs is 2. The van der Waals surface area contributed by atoms with Crippen LogP contribution in [0.15, 0.2) is 0 Å². The number of carbonyl (C=O) groups is 1. The Morgan fingerprint density at radius 2 is 2.00 bits per heavy atom. The van der Waals surface area contributed by atoms with Gasteiger partial charge in [-0.1, -0.05) is 0 Å². The Labute approximate surface area is 110 Å². The summed E-state index contributed by atoms with van der Waals surface area (Å²) in [6.45, 7) is 1.58. The minimum absolute atomic E-state index is 0.235. The zero-order chi connectivity index (χ0) is 12.8. The van der Waals surface area contributed by atoms with Crippen LogP contribution in [0.1, 0.15) is 44.9 Å². The highest BCUT2D eigenvalue weighted by molar-refractivity contribution is 5.76. The van der Waals surface area contributed by atoms with E-state index in [4.69, 9.17) is 4.74 Å². The summed E-state index contributed by atoms with van der Waals surface area (Å²) >= 11 is 0. The zero-order valence-corrected chi connectivity index (χ0v) is 11.4. The molecule has 2 unspecified atom stereocenters. The van der Waals surface area contributed by atoms with Gasteiger partial charge in [-0.15, -0.1) is 0 Å². The molecule has 2 N–H and O–H groups in total. The largest absolute Gasteiger partial charge is 0.385 e. The summed E-state index contributed by atoms with van der Waals surface area (Å²) in [6.07, 6.45) is 7.74. The maximum atomic E-state index is 11.8. The third-order valence-corrected chi connectivity index (χ3v) is 4.14. The molecule has 2 aliphatic heterocycles. The molecule has 0 spiro atoms. The van der Waals surface area contributed by atoms with Crippen molar-refractivity contribution in [1.29, 1.82) is 0 Å². The molecule has 2 bridgehead atoms. The summed E-state index contributed by atoms with van der Waals surface area (Å²) in [5.41, 5.74) is 0. The van der Waals surface area contributed by atoms with Crippen LogP contribution in [0.25, 0.3) is 0 Å². The maximum Gasteiger partial charge on any atom is 0.220 e. The predicted molar refractivity (Wildman–Crippen MR) is 71.4 cm³/mol. The van der Waals surface area contributed by atoms with Crippen molar-refractivity contribution in [1.82, 2.24) is 10.6 Å². The van der Waals surface area contributed by atoms with E-state index in [0.29, 0.717) is 18.0 Å². The van der Waals surface area contributed by atoms with Gasteiger partial charge in [0.1, 0.15) is 0 Å². The Morgan fingerprint density at radius 3 is 2.67 bits per heavy atom. The first kappa shape index (κ1) is 13.8. The molecule has 104 valence electrons. The van der Waals surface area contributed by atoms with Crippen molar-refractivity contribution in [2.75, 3.05) is 20.3 Å². The van der Waals surface area contributed by atoms with Crippen molar-refractivity contribution < 1.29 is 9.53 Å². The Balaban J connectivity index is 1.57. The van der Waals surface area contributed by atoms with Crippen LogP contribution in [-0.2, 0) is 9.53 Å². The van der Waals surface area contributed by atoms with Crippen LogP contribution in [0.3, 0.4) is 0 Å². The molecule has 18 heavy (non-hydrogen) atoms. The van der Waals surface area contributed by atoms with E-state index in [1.807, 2.05) is 0 Å². The first-order chi connectivity index (χ1) is 8.78. The second kappa shape index (κ2) is 7.10. The van der Waals surface area contributed by atoms with Crippen molar-refractivity contribution in [2.24, 2.45) is 5.92 Å². The third kappa shape index (κ3) is 4.25. The van der Waals surface area contributed by atoms with Crippen LogP contribution >= 0.6 is 0 Å². The lowest BCUT2D eigenvalue weighted by molar-refractivity contribution is -0.122. The van der Waals surface area contributed by atoms with Crippen molar-refractivity contribution in [3.05, 3.63) is 0 Å². The Morgan fingerprint density at radius 1 is 1.28 bits per heavy atom. The summed E-state index contributed by atoms with van der Waals surface area (Å²) in [5, 5.41) is 6.64. The van der Waals surface area contributed by atoms with Gasteiger partial charge in [-0.25, -0.2) is 0 Å². The number of hydrogen-bond donors (Lipinski definition) is 2. The molecule has 0 aliphatic carbocycles. The average Bonchev–Trinajstić information content (AvgIpc) is 2.68. The van der Waals surface area contributed by atoms with Gasteiger partial charge in [0.15, 0.2) is 0 Å². The minimum Gasteiger partial charge on any atom is -0.385 e. The summed E-state index contributed by atoms with van der Waals surface area (Å²) in [6, 6.07) is 1.37. The summed E-state index contributed by atoms with van der Waals surface area (Å²) in [7, 11) is 1.71. The molecule has 2 heterocycles. The predicted octanol–water partition coefficient (Wildman–Crippen LogP) is 1.45. The standard InChI is InChI=1S/C14H26N2O2/c1-18-7-3-2-6-15-14(17)10-11-8-12-4-5-13(9-11)16-12/h11-13,16H,2-10H2,1H3,(H,15,17). The molecule has 4 heteroatoms. The van der Waals surface area contributed by atoms with Crippen LogP contribution in [0.5, 0.6) is 0 Å². The molecule has 2 rings (SSSR count). The molecule has 2 aliphatic rings. The van der Waals surface area contributed by atoms with Crippen LogP contribution in [0.4, 0.5) is 0 Å². The first-order valence-electron chi connectivity index (χ1n) is 7.29. The fourth-order valence-electron chi connectivity index (χ4n) is 3.28. The Bertz CT molecular complexity index is 259. The highest BCUT2D eigenvalue weighted by Crippen LogP contribution is 2.32. The van der Waals surface area contributed by atoms with E-state index in [2.05, 4.69) is 10.6 Å². The lowest BCUT2D eigenvalue weighted by Gasteiger charge is -2.28. The van der Waals surface area contributed by atoms with Crippen molar-refractivity contribution in [2.45, 2.75) is 57.0 Å². The van der Waals surface area contributed by atoms with Gasteiger partial charge in [0.05, 0.1) is 0 Å². The number of methoxy groups -OCH3 is 1. The average molecular weight is 254 g/mol. The number of piperidine rings is 1.